The third-order valence-corrected chi connectivity index (χ3v) is 8.35. The number of esters is 2. The molecular formula is C30H50O5. The Hall–Kier alpha value is -1.62. The molecule has 0 bridgehead atoms. The molecule has 0 heterocycles. The summed E-state index contributed by atoms with van der Waals surface area (Å²) in [4.78, 5) is 23.8. The number of rotatable bonds is 14. The van der Waals surface area contributed by atoms with Crippen LogP contribution in [0.1, 0.15) is 97.8 Å². The second-order valence-corrected chi connectivity index (χ2v) is 11.2. The summed E-state index contributed by atoms with van der Waals surface area (Å²) in [6.07, 6.45) is 20.0. The van der Waals surface area contributed by atoms with Gasteiger partial charge in [-0.2, -0.15) is 0 Å². The molecule has 0 amide bonds. The van der Waals surface area contributed by atoms with Crippen LogP contribution in [0.15, 0.2) is 24.3 Å². The van der Waals surface area contributed by atoms with Gasteiger partial charge in [-0.05, 0) is 95.8 Å². The average Bonchev–Trinajstić information content (AvgIpc) is 2.88. The van der Waals surface area contributed by atoms with E-state index in [1.807, 2.05) is 0 Å². The van der Waals surface area contributed by atoms with Crippen LogP contribution in [-0.2, 0) is 19.1 Å². The maximum atomic E-state index is 12.0. The van der Waals surface area contributed by atoms with Crippen molar-refractivity contribution in [1.82, 2.24) is 0 Å². The van der Waals surface area contributed by atoms with Gasteiger partial charge in [0.25, 0.3) is 0 Å². The van der Waals surface area contributed by atoms with E-state index >= 15 is 0 Å². The molecule has 2 rings (SSSR count). The minimum atomic E-state index is -0.535. The van der Waals surface area contributed by atoms with Gasteiger partial charge in [-0.1, -0.05) is 44.4 Å². The second-order valence-electron chi connectivity index (χ2n) is 11.2. The van der Waals surface area contributed by atoms with E-state index in [0.717, 1.165) is 30.6 Å². The summed E-state index contributed by atoms with van der Waals surface area (Å²) in [6.45, 7) is 9.26. The summed E-state index contributed by atoms with van der Waals surface area (Å²) >= 11 is 0. The Kier molecular flexibility index (Phi) is 13.7. The summed E-state index contributed by atoms with van der Waals surface area (Å²) in [5.41, 5.74) is 0.375. The fourth-order valence-electron chi connectivity index (χ4n) is 5.81. The van der Waals surface area contributed by atoms with Gasteiger partial charge in [0.15, 0.2) is 0 Å². The molecule has 2 aliphatic rings. The zero-order valence-electron chi connectivity index (χ0n) is 22.5. The second kappa shape index (κ2) is 16.2. The van der Waals surface area contributed by atoms with Crippen molar-refractivity contribution in [2.75, 3.05) is 19.8 Å². The topological polar surface area (TPSA) is 72.8 Å². The minimum absolute atomic E-state index is 0.0244. The summed E-state index contributed by atoms with van der Waals surface area (Å²) in [6, 6.07) is 0. The van der Waals surface area contributed by atoms with Gasteiger partial charge in [-0.25, -0.2) is 4.79 Å². The van der Waals surface area contributed by atoms with Crippen LogP contribution in [-0.4, -0.2) is 36.9 Å². The van der Waals surface area contributed by atoms with Gasteiger partial charge in [0.05, 0.1) is 25.7 Å². The van der Waals surface area contributed by atoms with E-state index in [2.05, 4.69) is 25.7 Å². The molecule has 0 aromatic carbocycles. The Bertz CT molecular complexity index is 668. The lowest BCUT2D eigenvalue weighted by atomic mass is 9.68. The van der Waals surface area contributed by atoms with Gasteiger partial charge in [0, 0.05) is 11.5 Å². The standard InChI is InChI=1S/C30H50O5/c1-5-6-7-8-24-11-15-27(16-12-24)28-17-13-25(14-18-28)9-10-26(20-34-29(32)22(2)3)21-35-30(33)23(4)19-31/h5-6,23-28,31H,2,7-21H2,1,3-4H3/b6-5+. The smallest absolute Gasteiger partial charge is 0.333 e. The van der Waals surface area contributed by atoms with E-state index in [4.69, 9.17) is 9.47 Å². The zero-order valence-corrected chi connectivity index (χ0v) is 22.5. The maximum absolute atomic E-state index is 12.0. The van der Waals surface area contributed by atoms with Crippen LogP contribution in [0.4, 0.5) is 0 Å². The molecule has 200 valence electrons. The molecule has 0 aromatic heterocycles. The summed E-state index contributed by atoms with van der Waals surface area (Å²) in [5, 5.41) is 9.17. The quantitative estimate of drug-likeness (QED) is 0.168. The van der Waals surface area contributed by atoms with Gasteiger partial charge < -0.3 is 14.6 Å². The third kappa shape index (κ3) is 10.9. The van der Waals surface area contributed by atoms with Crippen LogP contribution >= 0.6 is 0 Å². The number of carbonyl (C=O) groups excluding carboxylic acids is 2. The Morgan fingerprint density at radius 3 is 2.00 bits per heavy atom. The van der Waals surface area contributed by atoms with Crippen molar-refractivity contribution in [3.8, 4) is 0 Å². The van der Waals surface area contributed by atoms with E-state index in [1.165, 1.54) is 64.2 Å². The Morgan fingerprint density at radius 1 is 0.943 bits per heavy atom. The van der Waals surface area contributed by atoms with Gasteiger partial charge in [-0.3, -0.25) is 4.79 Å². The largest absolute Gasteiger partial charge is 0.465 e. The normalized spacial score (nSPS) is 26.7. The Labute approximate surface area is 213 Å². The molecule has 0 radical (unpaired) electrons. The van der Waals surface area contributed by atoms with Gasteiger partial charge in [0.2, 0.25) is 0 Å². The molecule has 2 atom stereocenters. The number of ether oxygens (including phenoxy) is 2. The highest BCUT2D eigenvalue weighted by Crippen LogP contribution is 2.43. The fourth-order valence-corrected chi connectivity index (χ4v) is 5.81. The minimum Gasteiger partial charge on any atom is -0.465 e. The number of hydrogen-bond donors (Lipinski definition) is 1. The van der Waals surface area contributed by atoms with E-state index in [9.17, 15) is 14.7 Å². The molecule has 2 unspecified atom stereocenters. The fraction of sp³-hybridized carbons (Fsp3) is 0.800. The lowest BCUT2D eigenvalue weighted by Gasteiger charge is -2.38. The van der Waals surface area contributed by atoms with Crippen LogP contribution in [0.2, 0.25) is 0 Å². The average molecular weight is 491 g/mol. The van der Waals surface area contributed by atoms with Crippen LogP contribution in [0.25, 0.3) is 0 Å². The molecule has 2 fully saturated rings. The van der Waals surface area contributed by atoms with Gasteiger partial charge >= 0.3 is 11.9 Å². The number of aliphatic hydroxyl groups is 1. The molecule has 0 aliphatic heterocycles. The van der Waals surface area contributed by atoms with Crippen LogP contribution in [0, 0.1) is 35.5 Å². The monoisotopic (exact) mass is 490 g/mol. The van der Waals surface area contributed by atoms with E-state index in [-0.39, 0.29) is 25.7 Å². The number of allylic oxidation sites excluding steroid dienone is 2. The SMILES string of the molecule is C=C(C)C(=O)OCC(CCC1CCC(C2CCC(CC/C=C/C)CC2)CC1)COC(=O)C(C)CO. The molecule has 2 saturated carbocycles. The molecule has 35 heavy (non-hydrogen) atoms. The van der Waals surface area contributed by atoms with Crippen molar-refractivity contribution in [3.63, 3.8) is 0 Å². The summed E-state index contributed by atoms with van der Waals surface area (Å²) in [5.74, 6) is 2.10. The van der Waals surface area contributed by atoms with E-state index < -0.39 is 17.9 Å². The van der Waals surface area contributed by atoms with Crippen LogP contribution in [0.5, 0.6) is 0 Å². The highest BCUT2D eigenvalue weighted by atomic mass is 16.5. The predicted octanol–water partition coefficient (Wildman–Crippen LogP) is 6.64. The number of hydrogen-bond acceptors (Lipinski definition) is 5. The first-order chi connectivity index (χ1) is 16.8. The summed E-state index contributed by atoms with van der Waals surface area (Å²) in [7, 11) is 0. The molecular weight excluding hydrogens is 440 g/mol. The molecule has 0 aromatic rings. The zero-order chi connectivity index (χ0) is 25.6. The Morgan fingerprint density at radius 2 is 1.49 bits per heavy atom. The van der Waals surface area contributed by atoms with Crippen molar-refractivity contribution in [3.05, 3.63) is 24.3 Å². The predicted molar refractivity (Wildman–Crippen MR) is 141 cm³/mol. The first kappa shape index (κ1) is 29.6. The third-order valence-electron chi connectivity index (χ3n) is 8.35. The lowest BCUT2D eigenvalue weighted by molar-refractivity contribution is -0.152. The first-order valence-electron chi connectivity index (χ1n) is 14.0. The number of carbonyl (C=O) groups is 2. The summed E-state index contributed by atoms with van der Waals surface area (Å²) < 4.78 is 10.8. The molecule has 5 heteroatoms. The van der Waals surface area contributed by atoms with Crippen molar-refractivity contribution >= 4 is 11.9 Å². The molecule has 1 N–H and O–H groups in total. The van der Waals surface area contributed by atoms with E-state index in [0.29, 0.717) is 11.5 Å². The highest BCUT2D eigenvalue weighted by Gasteiger charge is 2.31. The van der Waals surface area contributed by atoms with Crippen LogP contribution < -0.4 is 0 Å². The van der Waals surface area contributed by atoms with E-state index in [1.54, 1.807) is 13.8 Å². The van der Waals surface area contributed by atoms with Gasteiger partial charge in [-0.15, -0.1) is 0 Å². The first-order valence-corrected chi connectivity index (χ1v) is 14.0. The Balaban J connectivity index is 1.73. The molecule has 0 saturated heterocycles. The lowest BCUT2D eigenvalue weighted by Crippen LogP contribution is -2.27. The van der Waals surface area contributed by atoms with Crippen molar-refractivity contribution in [2.45, 2.75) is 97.8 Å². The van der Waals surface area contributed by atoms with Crippen molar-refractivity contribution in [2.24, 2.45) is 35.5 Å². The molecule has 5 nitrogen and oxygen atoms in total. The molecule has 2 aliphatic carbocycles. The van der Waals surface area contributed by atoms with Crippen molar-refractivity contribution < 1.29 is 24.2 Å². The van der Waals surface area contributed by atoms with Crippen molar-refractivity contribution in [1.29, 1.82) is 0 Å². The maximum Gasteiger partial charge on any atom is 0.333 e. The van der Waals surface area contributed by atoms with Gasteiger partial charge in [0.1, 0.15) is 0 Å². The number of aliphatic hydroxyl groups excluding tert-OH is 1. The van der Waals surface area contributed by atoms with Crippen LogP contribution in [0.3, 0.4) is 0 Å². The highest BCUT2D eigenvalue weighted by molar-refractivity contribution is 5.86. The molecule has 0 spiro atoms.